The van der Waals surface area contributed by atoms with Crippen LogP contribution in [-0.4, -0.2) is 43.6 Å². The summed E-state index contributed by atoms with van der Waals surface area (Å²) in [4.78, 5) is 39.2. The number of anilines is 1. The summed E-state index contributed by atoms with van der Waals surface area (Å²) >= 11 is 0. The maximum absolute atomic E-state index is 12.7. The van der Waals surface area contributed by atoms with E-state index in [0.29, 0.717) is 12.3 Å². The predicted molar refractivity (Wildman–Crippen MR) is 117 cm³/mol. The molecule has 0 bridgehead atoms. The summed E-state index contributed by atoms with van der Waals surface area (Å²) in [6.45, 7) is 3.60. The topological polar surface area (TPSA) is 84.9 Å². The molecule has 31 heavy (non-hydrogen) atoms. The van der Waals surface area contributed by atoms with Crippen molar-refractivity contribution in [3.05, 3.63) is 60.2 Å². The molecule has 1 aliphatic heterocycles. The molecule has 7 nitrogen and oxygen atoms in total. The first-order chi connectivity index (χ1) is 15.0. The maximum Gasteiger partial charge on any atom is 0.329 e. The highest BCUT2D eigenvalue weighted by atomic mass is 16.5. The van der Waals surface area contributed by atoms with Gasteiger partial charge >= 0.3 is 5.97 Å². The van der Waals surface area contributed by atoms with E-state index in [0.717, 1.165) is 24.1 Å². The third-order valence-corrected chi connectivity index (χ3v) is 5.10. The second kappa shape index (κ2) is 10.6. The number of amides is 2. The number of rotatable bonds is 8. The Morgan fingerprint density at radius 1 is 1.00 bits per heavy atom. The van der Waals surface area contributed by atoms with Crippen molar-refractivity contribution >= 4 is 23.5 Å². The normalized spacial score (nSPS) is 13.8. The number of hydrogen-bond acceptors (Lipinski definition) is 5. The molecule has 164 valence electrons. The lowest BCUT2D eigenvalue weighted by Crippen LogP contribution is -2.48. The molecule has 0 spiro atoms. The lowest BCUT2D eigenvalue weighted by atomic mass is 10.0. The zero-order valence-corrected chi connectivity index (χ0v) is 17.9. The summed E-state index contributed by atoms with van der Waals surface area (Å²) in [7, 11) is 0. The SMILES string of the molecule is CC(C)[C@H](NC(=O)COc1ccccc1)C(=O)OCC(=O)N1CCCc2ccccc21. The largest absolute Gasteiger partial charge is 0.484 e. The first kappa shape index (κ1) is 22.3. The molecule has 0 unspecified atom stereocenters. The molecule has 2 aromatic rings. The number of ether oxygens (including phenoxy) is 2. The van der Waals surface area contributed by atoms with Gasteiger partial charge in [0.1, 0.15) is 11.8 Å². The molecule has 1 aliphatic rings. The van der Waals surface area contributed by atoms with E-state index in [1.165, 1.54) is 0 Å². The minimum absolute atomic E-state index is 0.209. The second-order valence-corrected chi connectivity index (χ2v) is 7.78. The summed E-state index contributed by atoms with van der Waals surface area (Å²) < 4.78 is 10.7. The van der Waals surface area contributed by atoms with Crippen LogP contribution in [0.5, 0.6) is 5.75 Å². The van der Waals surface area contributed by atoms with Crippen LogP contribution >= 0.6 is 0 Å². The van der Waals surface area contributed by atoms with Gasteiger partial charge in [0.05, 0.1) is 0 Å². The number of nitrogens with zero attached hydrogens (tertiary/aromatic N) is 1. The Balaban J connectivity index is 1.52. The van der Waals surface area contributed by atoms with Crippen LogP contribution in [0, 0.1) is 5.92 Å². The van der Waals surface area contributed by atoms with Crippen LogP contribution < -0.4 is 15.0 Å². The first-order valence-corrected chi connectivity index (χ1v) is 10.5. The van der Waals surface area contributed by atoms with E-state index < -0.39 is 17.9 Å². The monoisotopic (exact) mass is 424 g/mol. The average molecular weight is 424 g/mol. The molecule has 1 N–H and O–H groups in total. The summed E-state index contributed by atoms with van der Waals surface area (Å²) in [5.41, 5.74) is 1.97. The maximum atomic E-state index is 12.7. The molecule has 1 heterocycles. The minimum atomic E-state index is -0.867. The van der Waals surface area contributed by atoms with E-state index in [9.17, 15) is 14.4 Å². The lowest BCUT2D eigenvalue weighted by molar-refractivity contribution is -0.152. The molecular formula is C24H28N2O5. The van der Waals surface area contributed by atoms with E-state index in [-0.39, 0.29) is 25.0 Å². The number of benzene rings is 2. The summed E-state index contributed by atoms with van der Waals surface area (Å²) in [6.07, 6.45) is 1.79. The fraction of sp³-hybridized carbons (Fsp3) is 0.375. The molecule has 0 aromatic heterocycles. The highest BCUT2D eigenvalue weighted by Crippen LogP contribution is 2.26. The summed E-state index contributed by atoms with van der Waals surface area (Å²) in [6, 6.07) is 15.8. The average Bonchev–Trinajstić information content (AvgIpc) is 2.79. The smallest absolute Gasteiger partial charge is 0.329 e. The second-order valence-electron chi connectivity index (χ2n) is 7.78. The van der Waals surface area contributed by atoms with E-state index in [4.69, 9.17) is 9.47 Å². The Kier molecular flexibility index (Phi) is 7.65. The van der Waals surface area contributed by atoms with E-state index in [1.807, 2.05) is 30.3 Å². The van der Waals surface area contributed by atoms with Gasteiger partial charge in [0.2, 0.25) is 0 Å². The van der Waals surface area contributed by atoms with Gasteiger partial charge in [-0.05, 0) is 42.5 Å². The predicted octanol–water partition coefficient (Wildman–Crippen LogP) is 2.73. The van der Waals surface area contributed by atoms with Crippen molar-refractivity contribution in [2.24, 2.45) is 5.92 Å². The van der Waals surface area contributed by atoms with Crippen molar-refractivity contribution in [3.8, 4) is 5.75 Å². The minimum Gasteiger partial charge on any atom is -0.484 e. The lowest BCUT2D eigenvalue weighted by Gasteiger charge is -2.29. The van der Waals surface area contributed by atoms with Gasteiger partial charge in [0.25, 0.3) is 11.8 Å². The number of hydrogen-bond donors (Lipinski definition) is 1. The number of para-hydroxylation sites is 2. The number of carbonyl (C=O) groups excluding carboxylic acids is 3. The zero-order valence-electron chi connectivity index (χ0n) is 17.9. The Morgan fingerprint density at radius 2 is 1.71 bits per heavy atom. The summed E-state index contributed by atoms with van der Waals surface area (Å²) in [5.74, 6) is -0.994. The van der Waals surface area contributed by atoms with Crippen LogP contribution in [0.4, 0.5) is 5.69 Å². The first-order valence-electron chi connectivity index (χ1n) is 10.5. The van der Waals surface area contributed by atoms with Crippen molar-refractivity contribution in [1.82, 2.24) is 5.32 Å². The zero-order chi connectivity index (χ0) is 22.2. The van der Waals surface area contributed by atoms with E-state index in [1.54, 1.807) is 43.0 Å². The molecule has 1 atom stereocenters. The van der Waals surface area contributed by atoms with E-state index in [2.05, 4.69) is 5.32 Å². The molecule has 2 aromatic carbocycles. The molecule has 3 rings (SSSR count). The standard InChI is InChI=1S/C24H28N2O5/c1-17(2)23(25-21(27)15-30-19-11-4-3-5-12-19)24(29)31-16-22(28)26-14-8-10-18-9-6-7-13-20(18)26/h3-7,9,11-13,17,23H,8,10,14-16H2,1-2H3,(H,25,27)/t23-/m0/s1. The number of nitrogens with one attached hydrogen (secondary N) is 1. The van der Waals surface area contributed by atoms with Gasteiger partial charge in [-0.1, -0.05) is 50.2 Å². The number of esters is 1. The fourth-order valence-electron chi connectivity index (χ4n) is 3.47. The van der Waals surface area contributed by atoms with Gasteiger partial charge in [-0.3, -0.25) is 9.59 Å². The highest BCUT2D eigenvalue weighted by molar-refractivity contribution is 5.96. The van der Waals surface area contributed by atoms with Gasteiger partial charge in [-0.2, -0.15) is 0 Å². The Hall–Kier alpha value is -3.35. The summed E-state index contributed by atoms with van der Waals surface area (Å²) in [5, 5.41) is 2.64. The molecule has 0 saturated heterocycles. The molecule has 0 radical (unpaired) electrons. The molecule has 0 aliphatic carbocycles. The van der Waals surface area contributed by atoms with Gasteiger partial charge < -0.3 is 19.7 Å². The van der Waals surface area contributed by atoms with Crippen LogP contribution in [0.25, 0.3) is 0 Å². The van der Waals surface area contributed by atoms with E-state index >= 15 is 0 Å². The number of aryl methyl sites for hydroxylation is 1. The van der Waals surface area contributed by atoms with Crippen molar-refractivity contribution in [2.75, 3.05) is 24.7 Å². The fourth-order valence-corrected chi connectivity index (χ4v) is 3.47. The van der Waals surface area contributed by atoms with Gasteiger partial charge in [-0.15, -0.1) is 0 Å². The van der Waals surface area contributed by atoms with Crippen molar-refractivity contribution < 1.29 is 23.9 Å². The van der Waals surface area contributed by atoms with Gasteiger partial charge in [-0.25, -0.2) is 4.79 Å². The molecule has 7 heteroatoms. The van der Waals surface area contributed by atoms with Crippen LogP contribution in [0.1, 0.15) is 25.8 Å². The van der Waals surface area contributed by atoms with Crippen LogP contribution in [-0.2, 0) is 25.5 Å². The highest BCUT2D eigenvalue weighted by Gasteiger charge is 2.28. The quantitative estimate of drug-likeness (QED) is 0.659. The van der Waals surface area contributed by atoms with Crippen LogP contribution in [0.2, 0.25) is 0 Å². The van der Waals surface area contributed by atoms with Crippen molar-refractivity contribution in [2.45, 2.75) is 32.7 Å². The van der Waals surface area contributed by atoms with Crippen LogP contribution in [0.3, 0.4) is 0 Å². The third kappa shape index (κ3) is 6.07. The number of fused-ring (bicyclic) bond motifs is 1. The van der Waals surface area contributed by atoms with Gasteiger partial charge in [0.15, 0.2) is 13.2 Å². The van der Waals surface area contributed by atoms with Crippen LogP contribution in [0.15, 0.2) is 54.6 Å². The molecule has 0 saturated carbocycles. The molecule has 2 amide bonds. The Morgan fingerprint density at radius 3 is 2.45 bits per heavy atom. The van der Waals surface area contributed by atoms with Crippen molar-refractivity contribution in [3.63, 3.8) is 0 Å². The molecular weight excluding hydrogens is 396 g/mol. The Labute approximate surface area is 182 Å². The number of carbonyl (C=O) groups is 3. The van der Waals surface area contributed by atoms with Gasteiger partial charge in [0, 0.05) is 12.2 Å². The Bertz CT molecular complexity index is 913. The van der Waals surface area contributed by atoms with Crippen molar-refractivity contribution in [1.29, 1.82) is 0 Å². The molecule has 0 fully saturated rings. The third-order valence-electron chi connectivity index (χ3n) is 5.10.